The van der Waals surface area contributed by atoms with Crippen LogP contribution in [0, 0.1) is 0 Å². The lowest BCUT2D eigenvalue weighted by molar-refractivity contribution is -0.119. The number of hydrogen-bond donors (Lipinski definition) is 2. The van der Waals surface area contributed by atoms with Crippen LogP contribution in [-0.4, -0.2) is 30.2 Å². The van der Waals surface area contributed by atoms with Gasteiger partial charge in [0.2, 0.25) is 5.91 Å². The largest absolute Gasteiger partial charge is 0.368 e. The van der Waals surface area contributed by atoms with Crippen LogP contribution >= 0.6 is 15.9 Å². The predicted molar refractivity (Wildman–Crippen MR) is 68.0 cm³/mol. The molecule has 1 atom stereocenters. The molecule has 2 amide bonds. The maximum atomic E-state index is 11.8. The van der Waals surface area contributed by atoms with Gasteiger partial charge in [0.1, 0.15) is 6.04 Å². The number of carbonyl (C=O) groups is 3. The highest BCUT2D eigenvalue weighted by Gasteiger charge is 2.38. The van der Waals surface area contributed by atoms with E-state index in [4.69, 9.17) is 11.5 Å². The zero-order valence-electron chi connectivity index (χ0n) is 9.22. The van der Waals surface area contributed by atoms with E-state index in [0.29, 0.717) is 15.7 Å². The van der Waals surface area contributed by atoms with Gasteiger partial charge >= 0.3 is 0 Å². The van der Waals surface area contributed by atoms with Gasteiger partial charge in [-0.15, -0.1) is 0 Å². The molecule has 4 N–H and O–H groups in total. The summed E-state index contributed by atoms with van der Waals surface area (Å²) in [5.74, 6) is -2.04. The van der Waals surface area contributed by atoms with Crippen molar-refractivity contribution in [2.75, 3.05) is 11.4 Å². The molecule has 0 radical (unpaired) electrons. The maximum absolute atomic E-state index is 11.8. The lowest BCUT2D eigenvalue weighted by atomic mass is 10.1. The number of benzene rings is 1. The van der Waals surface area contributed by atoms with Crippen molar-refractivity contribution in [3.63, 3.8) is 0 Å². The molecular formula is C11H10BrN3O3. The van der Waals surface area contributed by atoms with Crippen molar-refractivity contribution in [1.82, 2.24) is 0 Å². The molecule has 0 saturated carbocycles. The number of primary amides is 1. The minimum Gasteiger partial charge on any atom is -0.368 e. The summed E-state index contributed by atoms with van der Waals surface area (Å²) in [6.07, 6.45) is 0. The fourth-order valence-corrected chi connectivity index (χ4v) is 2.31. The number of halogens is 1. The molecule has 2 rings (SSSR count). The lowest BCUT2D eigenvalue weighted by Crippen LogP contribution is -2.47. The van der Waals surface area contributed by atoms with Crippen LogP contribution in [0.1, 0.15) is 10.4 Å². The van der Waals surface area contributed by atoms with Gasteiger partial charge in [0, 0.05) is 4.47 Å². The fraction of sp³-hybridized carbons (Fsp3) is 0.182. The Morgan fingerprint density at radius 3 is 2.67 bits per heavy atom. The van der Waals surface area contributed by atoms with Crippen LogP contribution in [0.2, 0.25) is 0 Å². The highest BCUT2D eigenvalue weighted by molar-refractivity contribution is 9.10. The number of ketones is 1. The molecule has 0 saturated heterocycles. The third-order valence-electron chi connectivity index (χ3n) is 2.69. The summed E-state index contributed by atoms with van der Waals surface area (Å²) >= 11 is 3.22. The van der Waals surface area contributed by atoms with Gasteiger partial charge in [0.25, 0.3) is 11.7 Å². The van der Waals surface area contributed by atoms with Gasteiger partial charge in [-0.25, -0.2) is 0 Å². The Morgan fingerprint density at radius 2 is 2.06 bits per heavy atom. The first-order valence-corrected chi connectivity index (χ1v) is 5.92. The maximum Gasteiger partial charge on any atom is 0.299 e. The molecule has 1 aliphatic rings. The molecule has 0 aromatic heterocycles. The zero-order chi connectivity index (χ0) is 13.4. The first-order valence-electron chi connectivity index (χ1n) is 5.13. The monoisotopic (exact) mass is 311 g/mol. The number of carbonyl (C=O) groups excluding carboxylic acids is 3. The molecule has 0 bridgehead atoms. The summed E-state index contributed by atoms with van der Waals surface area (Å²) in [5, 5.41) is 0. The van der Waals surface area contributed by atoms with E-state index in [9.17, 15) is 14.4 Å². The number of hydrogen-bond acceptors (Lipinski definition) is 4. The Hall–Kier alpha value is -1.73. The summed E-state index contributed by atoms with van der Waals surface area (Å²) < 4.78 is 0.536. The van der Waals surface area contributed by atoms with Crippen LogP contribution in [0.5, 0.6) is 0 Å². The first-order chi connectivity index (χ1) is 8.43. The normalized spacial score (nSPS) is 15.8. The molecule has 1 aromatic carbocycles. The van der Waals surface area contributed by atoms with Crippen LogP contribution in [0.15, 0.2) is 22.7 Å². The second-order valence-electron chi connectivity index (χ2n) is 3.89. The van der Waals surface area contributed by atoms with E-state index in [-0.39, 0.29) is 6.54 Å². The molecule has 1 heterocycles. The van der Waals surface area contributed by atoms with Gasteiger partial charge < -0.3 is 16.4 Å². The van der Waals surface area contributed by atoms with Crippen molar-refractivity contribution in [3.05, 3.63) is 28.2 Å². The minimum atomic E-state index is -1.01. The summed E-state index contributed by atoms with van der Waals surface area (Å²) in [5.41, 5.74) is 11.3. The standard InChI is InChI=1S/C11H10BrN3O3/c12-5-2-1-3-7-8(5)9(16)11(18)15(7)4-6(13)10(14)17/h1-3,6H,4,13H2,(H2,14,17). The molecule has 1 aliphatic heterocycles. The van der Waals surface area contributed by atoms with Crippen molar-refractivity contribution in [1.29, 1.82) is 0 Å². The molecule has 1 unspecified atom stereocenters. The second kappa shape index (κ2) is 4.51. The molecule has 94 valence electrons. The van der Waals surface area contributed by atoms with E-state index in [2.05, 4.69) is 15.9 Å². The van der Waals surface area contributed by atoms with Crippen molar-refractivity contribution in [2.45, 2.75) is 6.04 Å². The van der Waals surface area contributed by atoms with E-state index in [1.165, 1.54) is 4.90 Å². The number of Topliss-reactive ketones (excluding diaryl/α,β-unsaturated/α-hetero) is 1. The van der Waals surface area contributed by atoms with Crippen molar-refractivity contribution < 1.29 is 14.4 Å². The van der Waals surface area contributed by atoms with Crippen molar-refractivity contribution >= 4 is 39.2 Å². The molecule has 0 fully saturated rings. The number of fused-ring (bicyclic) bond motifs is 1. The van der Waals surface area contributed by atoms with Gasteiger partial charge in [-0.2, -0.15) is 0 Å². The van der Waals surface area contributed by atoms with Crippen LogP contribution in [0.25, 0.3) is 0 Å². The Balaban J connectivity index is 2.41. The molecule has 1 aromatic rings. The van der Waals surface area contributed by atoms with Gasteiger partial charge in [0.05, 0.1) is 17.8 Å². The van der Waals surface area contributed by atoms with Gasteiger partial charge in [-0.3, -0.25) is 14.4 Å². The molecule has 0 aliphatic carbocycles. The number of amides is 2. The first kappa shape index (κ1) is 12.7. The number of nitrogens with two attached hydrogens (primary N) is 2. The second-order valence-corrected chi connectivity index (χ2v) is 4.74. The Labute approximate surface area is 111 Å². The van der Waals surface area contributed by atoms with Crippen molar-refractivity contribution in [3.8, 4) is 0 Å². The van der Waals surface area contributed by atoms with Crippen LogP contribution in [0.3, 0.4) is 0 Å². The highest BCUT2D eigenvalue weighted by Crippen LogP contribution is 2.34. The Bertz CT molecular complexity index is 558. The lowest BCUT2D eigenvalue weighted by Gasteiger charge is -2.19. The smallest absolute Gasteiger partial charge is 0.299 e. The van der Waals surface area contributed by atoms with E-state index in [1.807, 2.05) is 0 Å². The van der Waals surface area contributed by atoms with Gasteiger partial charge in [0.15, 0.2) is 0 Å². The minimum absolute atomic E-state index is 0.108. The van der Waals surface area contributed by atoms with Crippen LogP contribution < -0.4 is 16.4 Å². The van der Waals surface area contributed by atoms with Crippen LogP contribution in [-0.2, 0) is 9.59 Å². The quantitative estimate of drug-likeness (QED) is 0.753. The average molecular weight is 312 g/mol. The topological polar surface area (TPSA) is 106 Å². The van der Waals surface area contributed by atoms with Crippen molar-refractivity contribution in [2.24, 2.45) is 11.5 Å². The molecule has 18 heavy (non-hydrogen) atoms. The highest BCUT2D eigenvalue weighted by atomic mass is 79.9. The van der Waals surface area contributed by atoms with E-state index in [1.54, 1.807) is 18.2 Å². The number of anilines is 1. The van der Waals surface area contributed by atoms with Crippen LogP contribution in [0.4, 0.5) is 5.69 Å². The Kier molecular flexibility index (Phi) is 3.18. The summed E-state index contributed by atoms with van der Waals surface area (Å²) in [6.45, 7) is -0.108. The molecular weight excluding hydrogens is 302 g/mol. The van der Waals surface area contributed by atoms with E-state index >= 15 is 0 Å². The van der Waals surface area contributed by atoms with Gasteiger partial charge in [-0.05, 0) is 28.1 Å². The Morgan fingerprint density at radius 1 is 1.39 bits per heavy atom. The van der Waals surface area contributed by atoms with E-state index in [0.717, 1.165) is 0 Å². The number of nitrogens with zero attached hydrogens (tertiary/aromatic N) is 1. The summed E-state index contributed by atoms with van der Waals surface area (Å²) in [4.78, 5) is 35.7. The summed E-state index contributed by atoms with van der Waals surface area (Å²) in [6, 6.07) is 3.97. The number of rotatable bonds is 3. The SMILES string of the molecule is NC(=O)C(N)CN1C(=O)C(=O)c2c(Br)cccc21. The zero-order valence-corrected chi connectivity index (χ0v) is 10.8. The predicted octanol–water partition coefficient (Wildman–Crippen LogP) is -0.209. The third kappa shape index (κ3) is 1.91. The third-order valence-corrected chi connectivity index (χ3v) is 3.35. The molecule has 0 spiro atoms. The average Bonchev–Trinajstić information content (AvgIpc) is 2.55. The molecule has 6 nitrogen and oxygen atoms in total. The fourth-order valence-electron chi connectivity index (χ4n) is 1.77. The molecule has 7 heteroatoms. The van der Waals surface area contributed by atoms with E-state index < -0.39 is 23.6 Å². The van der Waals surface area contributed by atoms with Gasteiger partial charge in [-0.1, -0.05) is 6.07 Å². The summed E-state index contributed by atoms with van der Waals surface area (Å²) in [7, 11) is 0.